The zero-order valence-corrected chi connectivity index (χ0v) is 13.1. The molecular weight excluding hydrogens is 318 g/mol. The molecule has 1 N–H and O–H groups in total. The maximum atomic E-state index is 5.76. The minimum atomic E-state index is 0.237. The van der Waals surface area contributed by atoms with Crippen LogP contribution < -0.4 is 10.1 Å². The van der Waals surface area contributed by atoms with Crippen molar-refractivity contribution >= 4 is 15.9 Å². The van der Waals surface area contributed by atoms with Gasteiger partial charge in [0.2, 0.25) is 0 Å². The van der Waals surface area contributed by atoms with Gasteiger partial charge in [-0.15, -0.1) is 0 Å². The van der Waals surface area contributed by atoms with Crippen molar-refractivity contribution in [2.24, 2.45) is 0 Å². The van der Waals surface area contributed by atoms with Crippen LogP contribution in [0.25, 0.3) is 0 Å². The van der Waals surface area contributed by atoms with Crippen molar-refractivity contribution in [3.8, 4) is 5.75 Å². The molecule has 3 nitrogen and oxygen atoms in total. The molecule has 106 valence electrons. The zero-order valence-electron chi connectivity index (χ0n) is 11.5. The van der Waals surface area contributed by atoms with Gasteiger partial charge in [0.25, 0.3) is 0 Å². The van der Waals surface area contributed by atoms with Gasteiger partial charge >= 0.3 is 0 Å². The predicted molar refractivity (Wildman–Crippen MR) is 81.9 cm³/mol. The molecule has 0 amide bonds. The highest BCUT2D eigenvalue weighted by Gasteiger charge is 2.19. The molecule has 0 saturated carbocycles. The first-order valence-electron chi connectivity index (χ1n) is 6.99. The Morgan fingerprint density at radius 2 is 2.30 bits per heavy atom. The largest absolute Gasteiger partial charge is 0.493 e. The Morgan fingerprint density at radius 3 is 3.05 bits per heavy atom. The fourth-order valence-electron chi connectivity index (χ4n) is 2.65. The van der Waals surface area contributed by atoms with Crippen LogP contribution in [0.15, 0.2) is 39.4 Å². The lowest BCUT2D eigenvalue weighted by molar-refractivity contribution is 0.349. The van der Waals surface area contributed by atoms with Crippen molar-refractivity contribution < 1.29 is 9.15 Å². The second kappa shape index (κ2) is 6.02. The van der Waals surface area contributed by atoms with Crippen molar-refractivity contribution in [2.75, 3.05) is 6.61 Å². The van der Waals surface area contributed by atoms with E-state index in [1.54, 1.807) is 6.26 Å². The first-order valence-corrected chi connectivity index (χ1v) is 7.78. The Morgan fingerprint density at radius 1 is 1.40 bits per heavy atom. The number of benzene rings is 1. The molecule has 2 aromatic rings. The summed E-state index contributed by atoms with van der Waals surface area (Å²) in [5.74, 6) is 2.04. The smallest absolute Gasteiger partial charge is 0.127 e. The van der Waals surface area contributed by atoms with Crippen LogP contribution in [-0.4, -0.2) is 6.61 Å². The minimum Gasteiger partial charge on any atom is -0.493 e. The SMILES string of the molecule is CCC(NCc1cc(Br)cc2c1OCC2)c1ccco1. The first-order chi connectivity index (χ1) is 9.78. The number of hydrogen-bond acceptors (Lipinski definition) is 3. The molecule has 0 saturated heterocycles. The third-order valence-electron chi connectivity index (χ3n) is 3.66. The van der Waals surface area contributed by atoms with E-state index in [2.05, 4.69) is 40.3 Å². The minimum absolute atomic E-state index is 0.237. The van der Waals surface area contributed by atoms with Gasteiger partial charge in [-0.2, -0.15) is 0 Å². The molecule has 0 radical (unpaired) electrons. The highest BCUT2D eigenvalue weighted by molar-refractivity contribution is 9.10. The van der Waals surface area contributed by atoms with Gasteiger partial charge in [0.1, 0.15) is 11.5 Å². The zero-order chi connectivity index (χ0) is 13.9. The number of hydrogen-bond donors (Lipinski definition) is 1. The third-order valence-corrected chi connectivity index (χ3v) is 4.12. The maximum absolute atomic E-state index is 5.76. The monoisotopic (exact) mass is 335 g/mol. The molecular formula is C16H18BrNO2. The van der Waals surface area contributed by atoms with Crippen molar-refractivity contribution in [1.82, 2.24) is 5.32 Å². The van der Waals surface area contributed by atoms with Gasteiger partial charge < -0.3 is 14.5 Å². The summed E-state index contributed by atoms with van der Waals surface area (Å²) in [7, 11) is 0. The quantitative estimate of drug-likeness (QED) is 0.888. The average molecular weight is 336 g/mol. The molecule has 0 aliphatic carbocycles. The maximum Gasteiger partial charge on any atom is 0.127 e. The summed E-state index contributed by atoms with van der Waals surface area (Å²) >= 11 is 3.58. The van der Waals surface area contributed by atoms with E-state index in [4.69, 9.17) is 9.15 Å². The van der Waals surface area contributed by atoms with Gasteiger partial charge in [-0.25, -0.2) is 0 Å². The summed E-state index contributed by atoms with van der Waals surface area (Å²) in [6, 6.07) is 8.46. The van der Waals surface area contributed by atoms with Crippen LogP contribution >= 0.6 is 15.9 Å². The van der Waals surface area contributed by atoms with Crippen LogP contribution in [0.1, 0.15) is 36.3 Å². The van der Waals surface area contributed by atoms with Gasteiger partial charge in [-0.1, -0.05) is 22.9 Å². The van der Waals surface area contributed by atoms with Crippen LogP contribution in [0.4, 0.5) is 0 Å². The summed E-state index contributed by atoms with van der Waals surface area (Å²) in [5, 5.41) is 3.55. The summed E-state index contributed by atoms with van der Waals surface area (Å²) in [6.07, 6.45) is 3.71. The van der Waals surface area contributed by atoms with E-state index >= 15 is 0 Å². The molecule has 0 bridgehead atoms. The Balaban J connectivity index is 1.75. The number of halogens is 1. The Kier molecular flexibility index (Phi) is 4.13. The molecule has 0 spiro atoms. The van der Waals surface area contributed by atoms with Crippen LogP contribution in [-0.2, 0) is 13.0 Å². The van der Waals surface area contributed by atoms with Gasteiger partial charge in [-0.3, -0.25) is 0 Å². The number of fused-ring (bicyclic) bond motifs is 1. The molecule has 4 heteroatoms. The molecule has 0 fully saturated rings. The summed E-state index contributed by atoms with van der Waals surface area (Å²) in [4.78, 5) is 0. The van der Waals surface area contributed by atoms with E-state index in [-0.39, 0.29) is 6.04 Å². The highest BCUT2D eigenvalue weighted by Crippen LogP contribution is 2.33. The molecule has 1 atom stereocenters. The lowest BCUT2D eigenvalue weighted by Crippen LogP contribution is -2.20. The molecule has 1 aromatic heterocycles. The summed E-state index contributed by atoms with van der Waals surface area (Å²) in [6.45, 7) is 3.72. The standard InChI is InChI=1S/C16H18BrNO2/c1-2-14(15-4-3-6-19-15)18-10-12-9-13(17)8-11-5-7-20-16(11)12/h3-4,6,8-9,14,18H,2,5,7,10H2,1H3. The van der Waals surface area contributed by atoms with Crippen LogP contribution in [0, 0.1) is 0 Å². The van der Waals surface area contributed by atoms with E-state index in [9.17, 15) is 0 Å². The average Bonchev–Trinajstić information content (AvgIpc) is 3.09. The van der Waals surface area contributed by atoms with Gasteiger partial charge in [-0.05, 0) is 36.2 Å². The van der Waals surface area contributed by atoms with Crippen molar-refractivity contribution in [3.05, 3.63) is 51.9 Å². The topological polar surface area (TPSA) is 34.4 Å². The van der Waals surface area contributed by atoms with Crippen molar-refractivity contribution in [1.29, 1.82) is 0 Å². The van der Waals surface area contributed by atoms with E-state index in [0.29, 0.717) is 0 Å². The lowest BCUT2D eigenvalue weighted by atomic mass is 10.1. The number of furan rings is 1. The fraction of sp³-hybridized carbons (Fsp3) is 0.375. The first kappa shape index (κ1) is 13.7. The van der Waals surface area contributed by atoms with E-state index in [1.165, 1.54) is 11.1 Å². The normalized spacial score (nSPS) is 14.9. The van der Waals surface area contributed by atoms with E-state index in [0.717, 1.165) is 42.0 Å². The van der Waals surface area contributed by atoms with Gasteiger partial charge in [0.05, 0.1) is 18.9 Å². The predicted octanol–water partition coefficient (Wildman–Crippen LogP) is 4.22. The molecule has 3 rings (SSSR count). The van der Waals surface area contributed by atoms with E-state index < -0.39 is 0 Å². The number of ether oxygens (including phenoxy) is 1. The second-order valence-electron chi connectivity index (χ2n) is 5.01. The molecule has 1 aliphatic heterocycles. The van der Waals surface area contributed by atoms with Crippen LogP contribution in [0.5, 0.6) is 5.75 Å². The van der Waals surface area contributed by atoms with Gasteiger partial charge in [0, 0.05) is 23.0 Å². The molecule has 1 aliphatic rings. The third kappa shape index (κ3) is 2.76. The molecule has 2 heterocycles. The Bertz CT molecular complexity index is 580. The number of rotatable bonds is 5. The van der Waals surface area contributed by atoms with E-state index in [1.807, 2.05) is 12.1 Å². The van der Waals surface area contributed by atoms with Crippen LogP contribution in [0.3, 0.4) is 0 Å². The molecule has 20 heavy (non-hydrogen) atoms. The summed E-state index contributed by atoms with van der Waals surface area (Å²) in [5.41, 5.74) is 2.50. The molecule has 1 aromatic carbocycles. The Labute approximate surface area is 127 Å². The second-order valence-corrected chi connectivity index (χ2v) is 5.92. The highest BCUT2D eigenvalue weighted by atomic mass is 79.9. The van der Waals surface area contributed by atoms with Gasteiger partial charge in [0.15, 0.2) is 0 Å². The van der Waals surface area contributed by atoms with Crippen molar-refractivity contribution in [3.63, 3.8) is 0 Å². The fourth-order valence-corrected chi connectivity index (χ4v) is 3.20. The summed E-state index contributed by atoms with van der Waals surface area (Å²) < 4.78 is 12.4. The van der Waals surface area contributed by atoms with Crippen molar-refractivity contribution in [2.45, 2.75) is 32.4 Å². The number of nitrogens with one attached hydrogen (secondary N) is 1. The van der Waals surface area contributed by atoms with Crippen LogP contribution in [0.2, 0.25) is 0 Å². The Hall–Kier alpha value is -1.26. The lowest BCUT2D eigenvalue weighted by Gasteiger charge is -2.16. The molecule has 1 unspecified atom stereocenters.